The average Bonchev–Trinajstić information content (AvgIpc) is 2.42. The van der Waals surface area contributed by atoms with E-state index in [0.29, 0.717) is 12.6 Å². The van der Waals surface area contributed by atoms with Crippen LogP contribution < -0.4 is 14.8 Å². The number of hydrogen-bond donors (Lipinski definition) is 1. The minimum atomic E-state index is 0. The van der Waals surface area contributed by atoms with Crippen LogP contribution in [0, 0.1) is 0 Å². The molecule has 1 aromatic rings. The van der Waals surface area contributed by atoms with E-state index in [9.17, 15) is 0 Å². The molecule has 108 valence electrons. The zero-order valence-electron chi connectivity index (χ0n) is 11.9. The molecule has 0 amide bonds. The molecule has 0 heterocycles. The van der Waals surface area contributed by atoms with Gasteiger partial charge >= 0.3 is 0 Å². The summed E-state index contributed by atoms with van der Waals surface area (Å²) < 4.78 is 10.8. The van der Waals surface area contributed by atoms with Gasteiger partial charge in [0.2, 0.25) is 0 Å². The highest BCUT2D eigenvalue weighted by atomic mass is 35.5. The lowest BCUT2D eigenvalue weighted by Crippen LogP contribution is -2.24. The van der Waals surface area contributed by atoms with Crippen LogP contribution in [0.4, 0.5) is 0 Å². The topological polar surface area (TPSA) is 30.5 Å². The zero-order chi connectivity index (χ0) is 13.4. The molecule has 0 radical (unpaired) electrons. The summed E-state index contributed by atoms with van der Waals surface area (Å²) in [6, 6.07) is 6.52. The standard InChI is InChI=1S/C15H23NO2.ClH/c1-5-9-18-14-8-7-13(10-15(14)17-4)11-16-12(3)6-2;/h5,7-8,10,12,16H,1,6,9,11H2,2-4H3;1H. The lowest BCUT2D eigenvalue weighted by molar-refractivity contribution is 0.326. The fourth-order valence-corrected chi connectivity index (χ4v) is 1.53. The normalized spacial score (nSPS) is 11.3. The van der Waals surface area contributed by atoms with E-state index in [1.165, 1.54) is 5.56 Å². The number of halogens is 1. The molecule has 1 rings (SSSR count). The molecule has 3 nitrogen and oxygen atoms in total. The van der Waals surface area contributed by atoms with Crippen LogP contribution in [-0.2, 0) is 6.54 Å². The van der Waals surface area contributed by atoms with Crippen molar-refractivity contribution < 1.29 is 9.47 Å². The second-order valence-corrected chi connectivity index (χ2v) is 4.28. The fraction of sp³-hybridized carbons (Fsp3) is 0.467. The van der Waals surface area contributed by atoms with Crippen molar-refractivity contribution >= 4 is 12.4 Å². The second-order valence-electron chi connectivity index (χ2n) is 4.28. The van der Waals surface area contributed by atoms with Crippen LogP contribution in [0.25, 0.3) is 0 Å². The first-order valence-electron chi connectivity index (χ1n) is 6.35. The predicted octanol–water partition coefficient (Wildman–Crippen LogP) is 3.57. The summed E-state index contributed by atoms with van der Waals surface area (Å²) in [7, 11) is 1.65. The van der Waals surface area contributed by atoms with Gasteiger partial charge in [-0.25, -0.2) is 0 Å². The predicted molar refractivity (Wildman–Crippen MR) is 82.5 cm³/mol. The third-order valence-electron chi connectivity index (χ3n) is 2.85. The van der Waals surface area contributed by atoms with Crippen LogP contribution in [0.15, 0.2) is 30.9 Å². The number of ether oxygens (including phenoxy) is 2. The van der Waals surface area contributed by atoms with Gasteiger partial charge in [-0.15, -0.1) is 12.4 Å². The van der Waals surface area contributed by atoms with Crippen molar-refractivity contribution in [2.75, 3.05) is 13.7 Å². The van der Waals surface area contributed by atoms with Crippen LogP contribution in [0.5, 0.6) is 11.5 Å². The minimum Gasteiger partial charge on any atom is -0.493 e. The van der Waals surface area contributed by atoms with Crippen LogP contribution in [0.3, 0.4) is 0 Å². The number of rotatable bonds is 8. The van der Waals surface area contributed by atoms with E-state index in [1.807, 2.05) is 12.1 Å². The number of benzene rings is 1. The second kappa shape index (κ2) is 9.70. The molecule has 0 fully saturated rings. The molecule has 0 aromatic heterocycles. The van der Waals surface area contributed by atoms with Crippen molar-refractivity contribution in [2.45, 2.75) is 32.9 Å². The maximum Gasteiger partial charge on any atom is 0.161 e. The maximum absolute atomic E-state index is 5.52. The van der Waals surface area contributed by atoms with Gasteiger partial charge in [0.15, 0.2) is 11.5 Å². The van der Waals surface area contributed by atoms with Crippen molar-refractivity contribution in [1.29, 1.82) is 0 Å². The third kappa shape index (κ3) is 5.99. The summed E-state index contributed by atoms with van der Waals surface area (Å²) in [5.74, 6) is 1.52. The van der Waals surface area contributed by atoms with E-state index < -0.39 is 0 Å². The quantitative estimate of drug-likeness (QED) is 0.741. The van der Waals surface area contributed by atoms with Gasteiger partial charge < -0.3 is 14.8 Å². The van der Waals surface area contributed by atoms with Gasteiger partial charge in [0.1, 0.15) is 6.61 Å². The van der Waals surface area contributed by atoms with Gasteiger partial charge in [0.05, 0.1) is 7.11 Å². The highest BCUT2D eigenvalue weighted by Crippen LogP contribution is 2.28. The van der Waals surface area contributed by atoms with E-state index in [2.05, 4.69) is 31.8 Å². The van der Waals surface area contributed by atoms with E-state index in [0.717, 1.165) is 24.5 Å². The Morgan fingerprint density at radius 2 is 2.11 bits per heavy atom. The maximum atomic E-state index is 5.52. The Bertz CT molecular complexity index is 382. The molecule has 0 aliphatic carbocycles. The number of nitrogens with one attached hydrogen (secondary N) is 1. The van der Waals surface area contributed by atoms with Crippen LogP contribution >= 0.6 is 12.4 Å². The Labute approximate surface area is 122 Å². The van der Waals surface area contributed by atoms with E-state index in [4.69, 9.17) is 9.47 Å². The lowest BCUT2D eigenvalue weighted by atomic mass is 10.1. The first-order valence-corrected chi connectivity index (χ1v) is 6.35. The van der Waals surface area contributed by atoms with Gasteiger partial charge in [-0.3, -0.25) is 0 Å². The molecule has 1 N–H and O–H groups in total. The smallest absolute Gasteiger partial charge is 0.161 e. The highest BCUT2D eigenvalue weighted by molar-refractivity contribution is 5.85. The summed E-state index contributed by atoms with van der Waals surface area (Å²) in [4.78, 5) is 0. The largest absolute Gasteiger partial charge is 0.493 e. The van der Waals surface area contributed by atoms with Crippen molar-refractivity contribution in [2.24, 2.45) is 0 Å². The third-order valence-corrected chi connectivity index (χ3v) is 2.85. The van der Waals surface area contributed by atoms with Crippen molar-refractivity contribution in [3.05, 3.63) is 36.4 Å². The molecule has 0 spiro atoms. The first-order chi connectivity index (χ1) is 8.71. The molecule has 0 bridgehead atoms. The molecular formula is C15H24ClNO2. The Kier molecular flexibility index (Phi) is 9.09. The molecule has 4 heteroatoms. The van der Waals surface area contributed by atoms with Gasteiger partial charge in [0, 0.05) is 12.6 Å². The molecule has 0 saturated heterocycles. The van der Waals surface area contributed by atoms with Gasteiger partial charge in [0.25, 0.3) is 0 Å². The van der Waals surface area contributed by atoms with Gasteiger partial charge in [-0.1, -0.05) is 25.6 Å². The first kappa shape index (κ1) is 17.8. The molecule has 1 aromatic carbocycles. The van der Waals surface area contributed by atoms with Crippen LogP contribution in [0.1, 0.15) is 25.8 Å². The average molecular weight is 286 g/mol. The lowest BCUT2D eigenvalue weighted by Gasteiger charge is -2.14. The minimum absolute atomic E-state index is 0. The van der Waals surface area contributed by atoms with Gasteiger partial charge in [-0.05, 0) is 31.0 Å². The fourth-order valence-electron chi connectivity index (χ4n) is 1.53. The Hall–Kier alpha value is -1.19. The highest BCUT2D eigenvalue weighted by Gasteiger charge is 2.06. The Morgan fingerprint density at radius 3 is 2.68 bits per heavy atom. The Balaban J connectivity index is 0.00000324. The zero-order valence-corrected chi connectivity index (χ0v) is 12.8. The summed E-state index contributed by atoms with van der Waals surface area (Å²) in [5.41, 5.74) is 1.19. The van der Waals surface area contributed by atoms with Crippen molar-refractivity contribution in [3.8, 4) is 11.5 Å². The molecular weight excluding hydrogens is 262 g/mol. The van der Waals surface area contributed by atoms with E-state index >= 15 is 0 Å². The Morgan fingerprint density at radius 1 is 1.37 bits per heavy atom. The van der Waals surface area contributed by atoms with Crippen LogP contribution in [-0.4, -0.2) is 19.8 Å². The summed E-state index contributed by atoms with van der Waals surface area (Å²) in [5, 5.41) is 3.45. The summed E-state index contributed by atoms with van der Waals surface area (Å²) in [6.07, 6.45) is 2.84. The molecule has 0 aliphatic heterocycles. The molecule has 0 saturated carbocycles. The number of methoxy groups -OCH3 is 1. The van der Waals surface area contributed by atoms with Crippen molar-refractivity contribution in [3.63, 3.8) is 0 Å². The molecule has 0 aliphatic rings. The molecule has 19 heavy (non-hydrogen) atoms. The molecule has 1 atom stereocenters. The SMILES string of the molecule is C=CCOc1ccc(CNC(C)CC)cc1OC.Cl. The van der Waals surface area contributed by atoms with Crippen LogP contribution in [0.2, 0.25) is 0 Å². The monoisotopic (exact) mass is 285 g/mol. The van der Waals surface area contributed by atoms with E-state index in [-0.39, 0.29) is 12.4 Å². The van der Waals surface area contributed by atoms with Gasteiger partial charge in [-0.2, -0.15) is 0 Å². The van der Waals surface area contributed by atoms with E-state index in [1.54, 1.807) is 13.2 Å². The summed E-state index contributed by atoms with van der Waals surface area (Å²) in [6.45, 7) is 9.31. The summed E-state index contributed by atoms with van der Waals surface area (Å²) >= 11 is 0. The number of hydrogen-bond acceptors (Lipinski definition) is 3. The van der Waals surface area contributed by atoms with Crippen molar-refractivity contribution in [1.82, 2.24) is 5.32 Å². The molecule has 1 unspecified atom stereocenters.